The van der Waals surface area contributed by atoms with Crippen LogP contribution in [0, 0.1) is 6.92 Å². The minimum Gasteiger partial charge on any atom is -0.378 e. The normalized spacial score (nSPS) is 14.1. The maximum absolute atomic E-state index is 12.8. The molecule has 5 rings (SSSR count). The molecule has 0 bridgehead atoms. The fourth-order valence-electron chi connectivity index (χ4n) is 3.71. The number of imidazole rings is 1. The van der Waals surface area contributed by atoms with Gasteiger partial charge in [-0.05, 0) is 24.6 Å². The number of ketones is 1. The van der Waals surface area contributed by atoms with Gasteiger partial charge in [0, 0.05) is 19.3 Å². The molecule has 1 fully saturated rings. The molecular weight excluding hydrogens is 432 g/mol. The first kappa shape index (κ1) is 21.7. The van der Waals surface area contributed by atoms with E-state index in [1.807, 2.05) is 31.2 Å². The summed E-state index contributed by atoms with van der Waals surface area (Å²) >= 11 is 0. The molecule has 1 aliphatic heterocycles. The molecule has 10 nitrogen and oxygen atoms in total. The molecule has 0 saturated carbocycles. The van der Waals surface area contributed by atoms with E-state index < -0.39 is 0 Å². The predicted octanol–water partition coefficient (Wildman–Crippen LogP) is 2.70. The first-order valence-corrected chi connectivity index (χ1v) is 11.0. The highest BCUT2D eigenvalue weighted by molar-refractivity contribution is 5.95. The van der Waals surface area contributed by atoms with Gasteiger partial charge in [-0.15, -0.1) is 0 Å². The van der Waals surface area contributed by atoms with Crippen LogP contribution >= 0.6 is 0 Å². The van der Waals surface area contributed by atoms with Crippen LogP contribution in [0.2, 0.25) is 0 Å². The molecule has 0 atom stereocenters. The number of benzene rings is 1. The lowest BCUT2D eigenvalue weighted by atomic mass is 10.2. The summed E-state index contributed by atoms with van der Waals surface area (Å²) in [4.78, 5) is 32.9. The Bertz CT molecular complexity index is 1330. The highest BCUT2D eigenvalue weighted by atomic mass is 16.5. The van der Waals surface area contributed by atoms with Gasteiger partial charge in [-0.1, -0.05) is 35.9 Å². The van der Waals surface area contributed by atoms with Crippen molar-refractivity contribution >= 4 is 34.9 Å². The highest BCUT2D eigenvalue weighted by Gasteiger charge is 2.20. The number of carbonyl (C=O) groups excluding carboxylic acids is 1. The van der Waals surface area contributed by atoms with E-state index in [1.54, 1.807) is 41.5 Å². The van der Waals surface area contributed by atoms with Crippen LogP contribution in [0.25, 0.3) is 11.2 Å². The Hall–Kier alpha value is -4.18. The largest absolute Gasteiger partial charge is 0.378 e. The van der Waals surface area contributed by atoms with Gasteiger partial charge in [-0.25, -0.2) is 4.98 Å². The number of pyridine rings is 1. The van der Waals surface area contributed by atoms with Gasteiger partial charge in [0.1, 0.15) is 5.69 Å². The number of fused-ring (bicyclic) bond motifs is 1. The van der Waals surface area contributed by atoms with Crippen LogP contribution in [0.15, 0.2) is 60.1 Å². The number of hydrazone groups is 1. The number of hydrogen-bond donors (Lipinski definition) is 1. The van der Waals surface area contributed by atoms with E-state index in [2.05, 4.69) is 30.4 Å². The summed E-state index contributed by atoms with van der Waals surface area (Å²) in [6, 6.07) is 13.3. The molecule has 0 aliphatic carbocycles. The SMILES string of the molecule is Cc1cccc(C=NNc2nc(N3CCOCC3)nc3c2ncn3CC(=O)c2ccccn2)c1. The van der Waals surface area contributed by atoms with Crippen molar-refractivity contribution in [2.24, 2.45) is 5.10 Å². The topological polar surface area (TPSA) is 110 Å². The molecule has 1 aliphatic rings. The molecule has 0 amide bonds. The van der Waals surface area contributed by atoms with E-state index >= 15 is 0 Å². The number of ether oxygens (including phenoxy) is 1. The summed E-state index contributed by atoms with van der Waals surface area (Å²) in [5.74, 6) is 0.883. The van der Waals surface area contributed by atoms with Gasteiger partial charge in [0.15, 0.2) is 17.0 Å². The lowest BCUT2D eigenvalue weighted by Gasteiger charge is -2.27. The van der Waals surface area contributed by atoms with Gasteiger partial charge in [0.25, 0.3) is 0 Å². The molecule has 0 spiro atoms. The van der Waals surface area contributed by atoms with Crippen LogP contribution in [0.1, 0.15) is 21.6 Å². The number of carbonyl (C=O) groups is 1. The molecule has 1 aromatic carbocycles. The monoisotopic (exact) mass is 456 g/mol. The third-order valence-electron chi connectivity index (χ3n) is 5.44. The summed E-state index contributed by atoms with van der Waals surface area (Å²) in [5.41, 5.74) is 6.62. The maximum atomic E-state index is 12.8. The molecule has 10 heteroatoms. The molecule has 4 aromatic rings. The second kappa shape index (κ2) is 9.75. The zero-order valence-electron chi connectivity index (χ0n) is 18.8. The van der Waals surface area contributed by atoms with Crippen molar-refractivity contribution in [1.29, 1.82) is 0 Å². The Balaban J connectivity index is 1.48. The number of rotatable bonds is 7. The minimum absolute atomic E-state index is 0.0685. The van der Waals surface area contributed by atoms with Crippen LogP contribution in [-0.2, 0) is 11.3 Å². The Labute approximate surface area is 196 Å². The number of Topliss-reactive ketones (excluding diaryl/α,β-unsaturated/α-hetero) is 1. The molecule has 0 radical (unpaired) electrons. The Kier molecular flexibility index (Phi) is 6.21. The van der Waals surface area contributed by atoms with Crippen LogP contribution in [0.5, 0.6) is 0 Å². The van der Waals surface area contributed by atoms with Crippen molar-refractivity contribution in [1.82, 2.24) is 24.5 Å². The van der Waals surface area contributed by atoms with E-state index in [-0.39, 0.29) is 12.3 Å². The Morgan fingerprint density at radius 2 is 2.03 bits per heavy atom. The molecule has 1 saturated heterocycles. The van der Waals surface area contributed by atoms with Crippen molar-refractivity contribution in [2.45, 2.75) is 13.5 Å². The lowest BCUT2D eigenvalue weighted by Crippen LogP contribution is -2.37. The van der Waals surface area contributed by atoms with Crippen LogP contribution in [-0.4, -0.2) is 62.8 Å². The van der Waals surface area contributed by atoms with E-state index in [0.717, 1.165) is 11.1 Å². The van der Waals surface area contributed by atoms with Crippen molar-refractivity contribution in [3.05, 3.63) is 71.8 Å². The van der Waals surface area contributed by atoms with Crippen molar-refractivity contribution < 1.29 is 9.53 Å². The summed E-state index contributed by atoms with van der Waals surface area (Å²) in [7, 11) is 0. The average molecular weight is 457 g/mol. The number of morpholine rings is 1. The average Bonchev–Trinajstić information content (AvgIpc) is 3.28. The number of aromatic nitrogens is 5. The molecule has 172 valence electrons. The molecule has 1 N–H and O–H groups in total. The number of nitrogens with one attached hydrogen (secondary N) is 1. The summed E-state index contributed by atoms with van der Waals surface area (Å²) in [6.45, 7) is 4.67. The zero-order chi connectivity index (χ0) is 23.3. The second-order valence-corrected chi connectivity index (χ2v) is 7.94. The fraction of sp³-hybridized carbons (Fsp3) is 0.250. The first-order valence-electron chi connectivity index (χ1n) is 11.0. The summed E-state index contributed by atoms with van der Waals surface area (Å²) in [6.07, 6.45) is 4.93. The Morgan fingerprint density at radius 1 is 1.15 bits per heavy atom. The number of aryl methyl sites for hydroxylation is 1. The van der Waals surface area contributed by atoms with Crippen molar-refractivity contribution in [2.75, 3.05) is 36.6 Å². The summed E-state index contributed by atoms with van der Waals surface area (Å²) in [5, 5.41) is 4.37. The van der Waals surface area contributed by atoms with Crippen LogP contribution in [0.3, 0.4) is 0 Å². The number of hydrogen-bond acceptors (Lipinski definition) is 9. The highest BCUT2D eigenvalue weighted by Crippen LogP contribution is 2.23. The third kappa shape index (κ3) is 4.76. The molecule has 34 heavy (non-hydrogen) atoms. The van der Waals surface area contributed by atoms with Crippen LogP contribution in [0.4, 0.5) is 11.8 Å². The van der Waals surface area contributed by atoms with Gasteiger partial charge in [-0.2, -0.15) is 15.1 Å². The zero-order valence-corrected chi connectivity index (χ0v) is 18.8. The number of nitrogens with zero attached hydrogens (tertiary/aromatic N) is 7. The predicted molar refractivity (Wildman–Crippen MR) is 129 cm³/mol. The third-order valence-corrected chi connectivity index (χ3v) is 5.44. The lowest BCUT2D eigenvalue weighted by molar-refractivity contribution is 0.0968. The van der Waals surface area contributed by atoms with Gasteiger partial charge < -0.3 is 14.2 Å². The quantitative estimate of drug-likeness (QED) is 0.257. The molecule has 3 aromatic heterocycles. The van der Waals surface area contributed by atoms with Gasteiger partial charge in [0.2, 0.25) is 11.7 Å². The second-order valence-electron chi connectivity index (χ2n) is 7.94. The first-order chi connectivity index (χ1) is 16.7. The standard InChI is InChI=1S/C24H24N8O2/c1-17-5-4-6-18(13-17)14-27-30-22-21-23(29-24(28-22)31-9-11-34-12-10-31)32(16-26-21)15-20(33)19-7-2-3-8-25-19/h2-8,13-14,16H,9-12,15H2,1H3,(H,28,29,30). The Morgan fingerprint density at radius 3 is 2.82 bits per heavy atom. The smallest absolute Gasteiger partial charge is 0.229 e. The van der Waals surface area contributed by atoms with Crippen LogP contribution < -0.4 is 10.3 Å². The van der Waals surface area contributed by atoms with Gasteiger partial charge >= 0.3 is 0 Å². The summed E-state index contributed by atoms with van der Waals surface area (Å²) < 4.78 is 7.18. The van der Waals surface area contributed by atoms with E-state index in [0.29, 0.717) is 54.9 Å². The van der Waals surface area contributed by atoms with E-state index in [9.17, 15) is 4.79 Å². The number of anilines is 2. The molecule has 0 unspecified atom stereocenters. The van der Waals surface area contributed by atoms with Crippen molar-refractivity contribution in [3.63, 3.8) is 0 Å². The fourth-order valence-corrected chi connectivity index (χ4v) is 3.71. The van der Waals surface area contributed by atoms with Gasteiger partial charge in [-0.3, -0.25) is 15.2 Å². The molecule has 4 heterocycles. The maximum Gasteiger partial charge on any atom is 0.229 e. The van der Waals surface area contributed by atoms with E-state index in [4.69, 9.17) is 9.72 Å². The van der Waals surface area contributed by atoms with E-state index in [1.165, 1.54) is 0 Å². The van der Waals surface area contributed by atoms with Gasteiger partial charge in [0.05, 0.1) is 32.3 Å². The van der Waals surface area contributed by atoms with Crippen molar-refractivity contribution in [3.8, 4) is 0 Å². The molecular formula is C24H24N8O2. The minimum atomic E-state index is -0.126.